The molecule has 112 valence electrons. The number of hydrogen-bond acceptors (Lipinski definition) is 2. The summed E-state index contributed by atoms with van der Waals surface area (Å²) in [6.45, 7) is 0. The van der Waals surface area contributed by atoms with Gasteiger partial charge in [-0.05, 0) is 5.56 Å². The average molecular weight is 302 g/mol. The first-order chi connectivity index (χ1) is 8.89. The number of rotatable bonds is 3. The fraction of sp³-hybridized carbons (Fsp3) is 0.364. The van der Waals surface area contributed by atoms with Gasteiger partial charge in [0, 0.05) is 5.56 Å². The molecule has 1 aromatic carbocycles. The molecule has 0 fully saturated rings. The lowest BCUT2D eigenvalue weighted by molar-refractivity contribution is -0.376. The maximum Gasteiger partial charge on any atom is 0.430 e. The third-order valence-electron chi connectivity index (χ3n) is 2.55. The molecular formula is C11H8F6O3. The number of aliphatic carboxylic acids is 1. The van der Waals surface area contributed by atoms with Crippen LogP contribution in [0.15, 0.2) is 24.3 Å². The SMILES string of the molecule is O=C(O)Cc1ccc(C(O)(C(F)(F)F)C(F)(F)F)cc1. The molecule has 2 N–H and O–H groups in total. The van der Waals surface area contributed by atoms with Crippen molar-refractivity contribution in [3.63, 3.8) is 0 Å². The standard InChI is InChI=1S/C11H8F6O3/c12-10(13,14)9(20,11(15,16)17)7-3-1-6(2-4-7)5-8(18)19/h1-4,20H,5H2,(H,18,19). The van der Waals surface area contributed by atoms with Crippen molar-refractivity contribution in [2.24, 2.45) is 0 Å². The summed E-state index contributed by atoms with van der Waals surface area (Å²) >= 11 is 0. The highest BCUT2D eigenvalue weighted by molar-refractivity contribution is 5.70. The highest BCUT2D eigenvalue weighted by Crippen LogP contribution is 2.49. The van der Waals surface area contributed by atoms with Crippen molar-refractivity contribution in [2.45, 2.75) is 24.4 Å². The van der Waals surface area contributed by atoms with Crippen LogP contribution < -0.4 is 0 Å². The zero-order chi connectivity index (χ0) is 15.8. The van der Waals surface area contributed by atoms with Crippen LogP contribution >= 0.6 is 0 Å². The van der Waals surface area contributed by atoms with Gasteiger partial charge in [0.05, 0.1) is 6.42 Å². The number of benzene rings is 1. The summed E-state index contributed by atoms with van der Waals surface area (Å²) < 4.78 is 75.2. The van der Waals surface area contributed by atoms with Gasteiger partial charge in [0.25, 0.3) is 5.60 Å². The maximum absolute atomic E-state index is 12.5. The Kier molecular flexibility index (Phi) is 4.04. The van der Waals surface area contributed by atoms with Gasteiger partial charge in [0.15, 0.2) is 0 Å². The Hall–Kier alpha value is -1.77. The van der Waals surface area contributed by atoms with Crippen molar-refractivity contribution < 1.29 is 41.4 Å². The number of carboxylic acids is 1. The third-order valence-corrected chi connectivity index (χ3v) is 2.55. The molecule has 0 heterocycles. The van der Waals surface area contributed by atoms with Gasteiger partial charge in [0.1, 0.15) is 0 Å². The number of alkyl halides is 6. The molecule has 0 unspecified atom stereocenters. The van der Waals surface area contributed by atoms with Crippen LogP contribution in [-0.4, -0.2) is 28.5 Å². The molecule has 3 nitrogen and oxygen atoms in total. The first-order valence-corrected chi connectivity index (χ1v) is 5.06. The van der Waals surface area contributed by atoms with Crippen molar-refractivity contribution >= 4 is 5.97 Å². The van der Waals surface area contributed by atoms with Crippen molar-refractivity contribution in [2.75, 3.05) is 0 Å². The van der Waals surface area contributed by atoms with E-state index in [-0.39, 0.29) is 5.56 Å². The second-order valence-electron chi connectivity index (χ2n) is 3.97. The fourth-order valence-corrected chi connectivity index (χ4v) is 1.53. The van der Waals surface area contributed by atoms with Crippen molar-refractivity contribution in [1.82, 2.24) is 0 Å². The molecule has 1 rings (SSSR count). The summed E-state index contributed by atoms with van der Waals surface area (Å²) in [6, 6.07) is 2.37. The van der Waals surface area contributed by atoms with E-state index in [0.717, 1.165) is 12.1 Å². The van der Waals surface area contributed by atoms with Crippen LogP contribution in [0.25, 0.3) is 0 Å². The summed E-state index contributed by atoms with van der Waals surface area (Å²) in [5.41, 5.74) is -6.42. The molecule has 0 aromatic heterocycles. The second-order valence-corrected chi connectivity index (χ2v) is 3.97. The van der Waals surface area contributed by atoms with Gasteiger partial charge < -0.3 is 10.2 Å². The number of carbonyl (C=O) groups is 1. The van der Waals surface area contributed by atoms with Crippen molar-refractivity contribution in [3.05, 3.63) is 35.4 Å². The molecule has 0 atom stereocenters. The second kappa shape index (κ2) is 4.97. The van der Waals surface area contributed by atoms with Gasteiger partial charge in [-0.2, -0.15) is 26.3 Å². The lowest BCUT2D eigenvalue weighted by Gasteiger charge is -2.32. The maximum atomic E-state index is 12.5. The summed E-state index contributed by atoms with van der Waals surface area (Å²) in [7, 11) is 0. The monoisotopic (exact) mass is 302 g/mol. The van der Waals surface area contributed by atoms with Crippen LogP contribution in [0.3, 0.4) is 0 Å². The van der Waals surface area contributed by atoms with E-state index in [0.29, 0.717) is 12.1 Å². The molecule has 9 heteroatoms. The Morgan fingerprint density at radius 2 is 1.35 bits per heavy atom. The van der Waals surface area contributed by atoms with Gasteiger partial charge in [-0.1, -0.05) is 24.3 Å². The van der Waals surface area contributed by atoms with Crippen LogP contribution in [0.4, 0.5) is 26.3 Å². The Bertz CT molecular complexity index is 474. The molecule has 0 aliphatic heterocycles. The normalized spacial score (nSPS) is 13.3. The summed E-state index contributed by atoms with van der Waals surface area (Å²) in [5.74, 6) is -1.29. The predicted molar refractivity (Wildman–Crippen MR) is 53.8 cm³/mol. The van der Waals surface area contributed by atoms with E-state index >= 15 is 0 Å². The van der Waals surface area contributed by atoms with Crippen LogP contribution in [0, 0.1) is 0 Å². The molecule has 1 aromatic rings. The van der Waals surface area contributed by atoms with Crippen molar-refractivity contribution in [3.8, 4) is 0 Å². The van der Waals surface area contributed by atoms with Crippen molar-refractivity contribution in [1.29, 1.82) is 0 Å². The van der Waals surface area contributed by atoms with Crippen LogP contribution in [-0.2, 0) is 16.8 Å². The van der Waals surface area contributed by atoms with E-state index in [1.807, 2.05) is 0 Å². The molecule has 0 saturated carbocycles. The average Bonchev–Trinajstić information content (AvgIpc) is 2.25. The lowest BCUT2D eigenvalue weighted by atomic mass is 9.91. The quantitative estimate of drug-likeness (QED) is 0.844. The summed E-state index contributed by atoms with van der Waals surface area (Å²) in [4.78, 5) is 10.4. The van der Waals surface area contributed by atoms with Gasteiger partial charge in [-0.25, -0.2) is 0 Å². The Morgan fingerprint density at radius 1 is 0.950 bits per heavy atom. The molecule has 0 bridgehead atoms. The summed E-state index contributed by atoms with van der Waals surface area (Å²) in [6.07, 6.45) is -12.5. The zero-order valence-corrected chi connectivity index (χ0v) is 9.59. The highest BCUT2D eigenvalue weighted by atomic mass is 19.4. The van der Waals surface area contributed by atoms with E-state index in [1.165, 1.54) is 0 Å². The van der Waals surface area contributed by atoms with Gasteiger partial charge in [-0.3, -0.25) is 4.79 Å². The Balaban J connectivity index is 3.27. The molecule has 0 amide bonds. The highest BCUT2D eigenvalue weighted by Gasteiger charge is 2.71. The van der Waals surface area contributed by atoms with E-state index in [2.05, 4.69) is 0 Å². The molecule has 20 heavy (non-hydrogen) atoms. The Labute approximate surface area is 108 Å². The van der Waals surface area contributed by atoms with E-state index < -0.39 is 35.9 Å². The fourth-order valence-electron chi connectivity index (χ4n) is 1.53. The third kappa shape index (κ3) is 2.87. The largest absolute Gasteiger partial charge is 0.481 e. The van der Waals surface area contributed by atoms with E-state index in [9.17, 15) is 31.1 Å². The van der Waals surface area contributed by atoms with Crippen LogP contribution in [0.2, 0.25) is 0 Å². The number of halogens is 6. The minimum absolute atomic E-state index is 0.00736. The molecule has 0 saturated heterocycles. The number of hydrogen-bond donors (Lipinski definition) is 2. The number of aliphatic hydroxyl groups is 1. The molecule has 0 aliphatic rings. The summed E-state index contributed by atoms with van der Waals surface area (Å²) in [5, 5.41) is 17.5. The lowest BCUT2D eigenvalue weighted by Crippen LogP contribution is -2.53. The molecular weight excluding hydrogens is 294 g/mol. The molecule has 0 radical (unpaired) electrons. The topological polar surface area (TPSA) is 57.5 Å². The van der Waals surface area contributed by atoms with Crippen LogP contribution in [0.1, 0.15) is 11.1 Å². The number of carboxylic acid groups (broad SMARTS) is 1. The first kappa shape index (κ1) is 16.3. The van der Waals surface area contributed by atoms with E-state index in [1.54, 1.807) is 0 Å². The smallest absolute Gasteiger partial charge is 0.430 e. The minimum Gasteiger partial charge on any atom is -0.481 e. The van der Waals surface area contributed by atoms with Gasteiger partial charge in [0.2, 0.25) is 0 Å². The Morgan fingerprint density at radius 3 is 1.65 bits per heavy atom. The van der Waals surface area contributed by atoms with Crippen LogP contribution in [0.5, 0.6) is 0 Å². The first-order valence-electron chi connectivity index (χ1n) is 5.06. The minimum atomic E-state index is -5.96. The molecule has 0 aliphatic carbocycles. The van der Waals surface area contributed by atoms with Gasteiger partial charge in [-0.15, -0.1) is 0 Å². The zero-order valence-electron chi connectivity index (χ0n) is 9.59. The molecule has 0 spiro atoms. The van der Waals surface area contributed by atoms with Gasteiger partial charge >= 0.3 is 18.3 Å². The van der Waals surface area contributed by atoms with E-state index in [4.69, 9.17) is 10.2 Å². The predicted octanol–water partition coefficient (Wildman–Crippen LogP) is 2.63.